The summed E-state index contributed by atoms with van der Waals surface area (Å²) in [6.45, 7) is 6.68. The van der Waals surface area contributed by atoms with Crippen LogP contribution in [0.25, 0.3) is 0 Å². The number of unbranched alkanes of at least 4 members (excludes halogenated alkanes) is 3. The fraction of sp³-hybridized carbons (Fsp3) is 0.600. The Balaban J connectivity index is 1.80. The van der Waals surface area contributed by atoms with Crippen LogP contribution in [0.2, 0.25) is 0 Å². The molecule has 1 fully saturated rings. The van der Waals surface area contributed by atoms with Crippen LogP contribution in [0.3, 0.4) is 0 Å². The van der Waals surface area contributed by atoms with E-state index in [1.807, 2.05) is 0 Å². The molecule has 28 heavy (non-hydrogen) atoms. The Kier molecular flexibility index (Phi) is 8.59. The number of ketones is 1. The van der Waals surface area contributed by atoms with Crippen molar-refractivity contribution >= 4 is 21.7 Å². The molecule has 1 aliphatic heterocycles. The second-order valence-corrected chi connectivity index (χ2v) is 9.26. The fourth-order valence-corrected chi connectivity index (χ4v) is 4.74. The van der Waals surface area contributed by atoms with E-state index in [0.717, 1.165) is 17.7 Å². The molecular formula is C20H32N3O4S+. The number of rotatable bonds is 10. The first-order valence-electron chi connectivity index (χ1n) is 10.1. The van der Waals surface area contributed by atoms with E-state index in [1.54, 1.807) is 12.1 Å². The fourth-order valence-electron chi connectivity index (χ4n) is 3.30. The lowest BCUT2D eigenvalue weighted by Gasteiger charge is -2.31. The molecule has 8 heteroatoms. The number of sulfonamides is 1. The summed E-state index contributed by atoms with van der Waals surface area (Å²) in [4.78, 5) is 24.7. The van der Waals surface area contributed by atoms with Crippen molar-refractivity contribution in [3.8, 4) is 0 Å². The highest BCUT2D eigenvalue weighted by Gasteiger charge is 2.31. The molecule has 0 spiro atoms. The summed E-state index contributed by atoms with van der Waals surface area (Å²) < 4.78 is 27.0. The highest BCUT2D eigenvalue weighted by atomic mass is 32.2. The number of benzene rings is 1. The molecule has 0 bridgehead atoms. The van der Waals surface area contributed by atoms with Gasteiger partial charge in [0.2, 0.25) is 10.0 Å². The third-order valence-electron chi connectivity index (χ3n) is 5.09. The van der Waals surface area contributed by atoms with Crippen molar-refractivity contribution in [3.63, 3.8) is 0 Å². The van der Waals surface area contributed by atoms with Gasteiger partial charge in [0, 0.05) is 12.1 Å². The number of Topliss-reactive ketones (excluding diaryl/α,β-unsaturated/α-hetero) is 1. The zero-order chi connectivity index (χ0) is 20.6. The number of amides is 1. The zero-order valence-electron chi connectivity index (χ0n) is 16.9. The van der Waals surface area contributed by atoms with Crippen molar-refractivity contribution in [2.45, 2.75) is 44.4 Å². The molecule has 0 aliphatic carbocycles. The molecule has 0 atom stereocenters. The van der Waals surface area contributed by atoms with Gasteiger partial charge in [-0.05, 0) is 25.5 Å². The van der Waals surface area contributed by atoms with Crippen molar-refractivity contribution in [1.82, 2.24) is 9.62 Å². The molecular weight excluding hydrogens is 378 g/mol. The Bertz CT molecular complexity index is 754. The number of quaternary nitrogens is 1. The van der Waals surface area contributed by atoms with Crippen molar-refractivity contribution in [2.75, 3.05) is 39.3 Å². The molecule has 0 unspecified atom stereocenters. The van der Waals surface area contributed by atoms with Crippen LogP contribution in [0.4, 0.5) is 0 Å². The largest absolute Gasteiger partial charge is 0.351 e. The van der Waals surface area contributed by atoms with Crippen LogP contribution in [0.1, 0.15) is 49.9 Å². The summed E-state index contributed by atoms with van der Waals surface area (Å²) in [5.41, 5.74) is 0.494. The molecule has 0 radical (unpaired) electrons. The summed E-state index contributed by atoms with van der Waals surface area (Å²) in [6, 6.07) is 6.05. The minimum Gasteiger partial charge on any atom is -0.351 e. The minimum absolute atomic E-state index is 0.0302. The molecule has 1 amide bonds. The normalized spacial score (nSPS) is 16.1. The van der Waals surface area contributed by atoms with E-state index in [0.29, 0.717) is 44.8 Å². The first-order valence-corrected chi connectivity index (χ1v) is 11.5. The summed E-state index contributed by atoms with van der Waals surface area (Å²) in [7, 11) is -3.57. The third-order valence-corrected chi connectivity index (χ3v) is 7.00. The minimum atomic E-state index is -3.57. The predicted octanol–water partition coefficient (Wildman–Crippen LogP) is 0.475. The van der Waals surface area contributed by atoms with Crippen molar-refractivity contribution in [2.24, 2.45) is 0 Å². The molecule has 2 N–H and O–H groups in total. The second kappa shape index (κ2) is 10.7. The Morgan fingerprint density at radius 2 is 1.71 bits per heavy atom. The predicted molar refractivity (Wildman–Crippen MR) is 108 cm³/mol. The van der Waals surface area contributed by atoms with Gasteiger partial charge < -0.3 is 10.2 Å². The van der Waals surface area contributed by atoms with E-state index >= 15 is 0 Å². The van der Waals surface area contributed by atoms with Gasteiger partial charge >= 0.3 is 0 Å². The maximum atomic E-state index is 12.8. The van der Waals surface area contributed by atoms with Gasteiger partial charge in [0.25, 0.3) is 5.91 Å². The standard InChI is InChI=1S/C20H31N3O4S/c1-3-4-5-6-11-21-20(25)16-22-12-14-23(15-13-22)28(26,27)19-9-7-18(8-10-19)17(2)24/h7-10H,3-6,11-16H2,1-2H3,(H,21,25)/p+1. The molecule has 1 aromatic rings. The van der Waals surface area contributed by atoms with Gasteiger partial charge in [-0.1, -0.05) is 38.3 Å². The lowest BCUT2D eigenvalue weighted by molar-refractivity contribution is -0.895. The summed E-state index contributed by atoms with van der Waals surface area (Å²) in [5, 5.41) is 2.95. The molecule has 1 heterocycles. The third kappa shape index (κ3) is 6.39. The molecule has 7 nitrogen and oxygen atoms in total. The van der Waals surface area contributed by atoms with Gasteiger partial charge in [-0.3, -0.25) is 9.59 Å². The Morgan fingerprint density at radius 3 is 2.29 bits per heavy atom. The topological polar surface area (TPSA) is 88.0 Å². The maximum absolute atomic E-state index is 12.8. The van der Waals surface area contributed by atoms with E-state index in [1.165, 1.54) is 36.2 Å². The maximum Gasteiger partial charge on any atom is 0.275 e. The number of hydrogen-bond acceptors (Lipinski definition) is 4. The van der Waals surface area contributed by atoms with Crippen LogP contribution in [-0.4, -0.2) is 63.7 Å². The van der Waals surface area contributed by atoms with Gasteiger partial charge in [0.05, 0.1) is 31.1 Å². The van der Waals surface area contributed by atoms with Crippen LogP contribution >= 0.6 is 0 Å². The average Bonchev–Trinajstić information content (AvgIpc) is 2.68. The number of nitrogens with one attached hydrogen (secondary N) is 2. The number of hydrogen-bond donors (Lipinski definition) is 2. The molecule has 1 aromatic carbocycles. The summed E-state index contributed by atoms with van der Waals surface area (Å²) in [6.07, 6.45) is 4.50. The highest BCUT2D eigenvalue weighted by molar-refractivity contribution is 7.89. The molecule has 2 rings (SSSR count). The molecule has 156 valence electrons. The molecule has 1 aliphatic rings. The van der Waals surface area contributed by atoms with E-state index in [-0.39, 0.29) is 16.6 Å². The smallest absolute Gasteiger partial charge is 0.275 e. The van der Waals surface area contributed by atoms with Crippen LogP contribution in [0.15, 0.2) is 29.2 Å². The monoisotopic (exact) mass is 410 g/mol. The Labute approximate surface area is 168 Å². The molecule has 0 saturated carbocycles. The van der Waals surface area contributed by atoms with E-state index in [9.17, 15) is 18.0 Å². The molecule has 1 saturated heterocycles. The number of carbonyl (C=O) groups is 2. The number of piperazine rings is 1. The SMILES string of the molecule is CCCCCCNC(=O)C[NH+]1CCN(S(=O)(=O)c2ccc(C(C)=O)cc2)CC1. The van der Waals surface area contributed by atoms with Crippen LogP contribution in [0.5, 0.6) is 0 Å². The Hall–Kier alpha value is -1.77. The van der Waals surface area contributed by atoms with Crippen LogP contribution in [-0.2, 0) is 14.8 Å². The van der Waals surface area contributed by atoms with Crippen molar-refractivity contribution < 1.29 is 22.9 Å². The second-order valence-electron chi connectivity index (χ2n) is 7.32. The van der Waals surface area contributed by atoms with Crippen LogP contribution < -0.4 is 10.2 Å². The summed E-state index contributed by atoms with van der Waals surface area (Å²) >= 11 is 0. The van der Waals surface area contributed by atoms with Crippen molar-refractivity contribution in [1.29, 1.82) is 0 Å². The Morgan fingerprint density at radius 1 is 1.07 bits per heavy atom. The van der Waals surface area contributed by atoms with Gasteiger partial charge in [0.15, 0.2) is 12.3 Å². The van der Waals surface area contributed by atoms with E-state index in [4.69, 9.17) is 0 Å². The van der Waals surface area contributed by atoms with Crippen LogP contribution in [0, 0.1) is 0 Å². The first kappa shape index (κ1) is 22.5. The van der Waals surface area contributed by atoms with Crippen molar-refractivity contribution in [3.05, 3.63) is 29.8 Å². The van der Waals surface area contributed by atoms with Gasteiger partial charge in [0.1, 0.15) is 0 Å². The summed E-state index contributed by atoms with van der Waals surface area (Å²) in [5.74, 6) is -0.0626. The average molecular weight is 411 g/mol. The quantitative estimate of drug-likeness (QED) is 0.434. The van der Waals surface area contributed by atoms with Gasteiger partial charge in [-0.25, -0.2) is 8.42 Å². The lowest BCUT2D eigenvalue weighted by atomic mass is 10.2. The van der Waals surface area contributed by atoms with E-state index in [2.05, 4.69) is 12.2 Å². The zero-order valence-corrected chi connectivity index (χ0v) is 17.7. The first-order chi connectivity index (χ1) is 13.3. The highest BCUT2D eigenvalue weighted by Crippen LogP contribution is 2.16. The number of nitrogens with zero attached hydrogens (tertiary/aromatic N) is 1. The van der Waals surface area contributed by atoms with Gasteiger partial charge in [-0.2, -0.15) is 4.31 Å². The lowest BCUT2D eigenvalue weighted by Crippen LogP contribution is -3.15. The van der Waals surface area contributed by atoms with E-state index < -0.39 is 10.0 Å². The number of carbonyl (C=O) groups excluding carboxylic acids is 2. The molecule has 0 aromatic heterocycles. The van der Waals surface area contributed by atoms with Gasteiger partial charge in [-0.15, -0.1) is 0 Å².